The molecule has 7 heteroatoms. The van der Waals surface area contributed by atoms with Crippen molar-refractivity contribution in [2.45, 2.75) is 32.2 Å². The van der Waals surface area contributed by atoms with Crippen molar-refractivity contribution in [1.29, 1.82) is 0 Å². The Bertz CT molecular complexity index is 1090. The van der Waals surface area contributed by atoms with Gasteiger partial charge in [0.25, 0.3) is 5.91 Å². The van der Waals surface area contributed by atoms with E-state index in [1.807, 2.05) is 66.4 Å². The topological polar surface area (TPSA) is 76.5 Å². The van der Waals surface area contributed by atoms with Crippen LogP contribution in [0, 0.1) is 6.92 Å². The molecule has 7 nitrogen and oxygen atoms in total. The average Bonchev–Trinajstić information content (AvgIpc) is 3.22. The molecule has 0 spiro atoms. The number of piperidine rings is 1. The number of hydrogen-bond acceptors (Lipinski definition) is 4. The van der Waals surface area contributed by atoms with Gasteiger partial charge in [0, 0.05) is 30.4 Å². The van der Waals surface area contributed by atoms with E-state index in [9.17, 15) is 9.59 Å². The number of ether oxygens (including phenoxy) is 1. The fraction of sp³-hybridized carbons (Fsp3) is 0.320. The van der Waals surface area contributed by atoms with Crippen LogP contribution < -0.4 is 10.1 Å². The number of aryl methyl sites for hydroxylation is 1. The molecule has 166 valence electrons. The Morgan fingerprint density at radius 1 is 1.06 bits per heavy atom. The largest absolute Gasteiger partial charge is 0.496 e. The highest BCUT2D eigenvalue weighted by Gasteiger charge is 2.25. The van der Waals surface area contributed by atoms with Crippen molar-refractivity contribution in [3.05, 3.63) is 77.6 Å². The number of carbonyl (C=O) groups is 2. The number of nitrogens with one attached hydrogen (secondary N) is 1. The molecule has 0 unspecified atom stereocenters. The monoisotopic (exact) mass is 432 g/mol. The molecule has 0 radical (unpaired) electrons. The van der Waals surface area contributed by atoms with Crippen LogP contribution in [0.2, 0.25) is 0 Å². The van der Waals surface area contributed by atoms with Gasteiger partial charge in [0.1, 0.15) is 5.75 Å². The van der Waals surface area contributed by atoms with E-state index >= 15 is 0 Å². The zero-order valence-corrected chi connectivity index (χ0v) is 18.5. The summed E-state index contributed by atoms with van der Waals surface area (Å²) in [7, 11) is 1.61. The third kappa shape index (κ3) is 4.82. The SMILES string of the molecule is COc1ccccc1CC(=O)N1CCC(NC(=O)c2cc(C)n(-c3ccccc3)n2)CC1. The summed E-state index contributed by atoms with van der Waals surface area (Å²) < 4.78 is 7.12. The van der Waals surface area contributed by atoms with Crippen molar-refractivity contribution in [3.8, 4) is 11.4 Å². The Balaban J connectivity index is 1.31. The van der Waals surface area contributed by atoms with E-state index in [1.54, 1.807) is 17.9 Å². The summed E-state index contributed by atoms with van der Waals surface area (Å²) in [6.45, 7) is 3.18. The number of methoxy groups -OCH3 is 1. The van der Waals surface area contributed by atoms with Gasteiger partial charge in [-0.1, -0.05) is 36.4 Å². The molecule has 1 fully saturated rings. The van der Waals surface area contributed by atoms with Crippen LogP contribution in [0.3, 0.4) is 0 Å². The number of rotatable bonds is 6. The second-order valence-corrected chi connectivity index (χ2v) is 8.04. The quantitative estimate of drug-likeness (QED) is 0.649. The smallest absolute Gasteiger partial charge is 0.272 e. The molecule has 1 aliphatic heterocycles. The van der Waals surface area contributed by atoms with Gasteiger partial charge >= 0.3 is 0 Å². The molecule has 3 aromatic rings. The van der Waals surface area contributed by atoms with E-state index in [0.29, 0.717) is 25.2 Å². The van der Waals surface area contributed by atoms with E-state index in [2.05, 4.69) is 10.4 Å². The number of nitrogens with zero attached hydrogens (tertiary/aromatic N) is 3. The predicted octanol–water partition coefficient (Wildman–Crippen LogP) is 3.15. The van der Waals surface area contributed by atoms with Crippen molar-refractivity contribution in [1.82, 2.24) is 20.0 Å². The molecule has 2 amide bonds. The van der Waals surface area contributed by atoms with Gasteiger partial charge < -0.3 is 15.0 Å². The predicted molar refractivity (Wildman–Crippen MR) is 122 cm³/mol. The first-order chi connectivity index (χ1) is 15.5. The fourth-order valence-corrected chi connectivity index (χ4v) is 4.07. The molecule has 2 heterocycles. The number of hydrogen-bond donors (Lipinski definition) is 1. The first-order valence-electron chi connectivity index (χ1n) is 10.9. The summed E-state index contributed by atoms with van der Waals surface area (Å²) in [6.07, 6.45) is 1.76. The van der Waals surface area contributed by atoms with Crippen LogP contribution in [0.25, 0.3) is 5.69 Å². The van der Waals surface area contributed by atoms with E-state index < -0.39 is 0 Å². The summed E-state index contributed by atoms with van der Waals surface area (Å²) >= 11 is 0. The molecule has 1 aromatic heterocycles. The normalized spacial score (nSPS) is 14.2. The summed E-state index contributed by atoms with van der Waals surface area (Å²) in [5, 5.41) is 7.56. The number of benzene rings is 2. The first kappa shape index (κ1) is 21.6. The lowest BCUT2D eigenvalue weighted by atomic mass is 10.0. The van der Waals surface area contributed by atoms with Crippen LogP contribution in [0.4, 0.5) is 0 Å². The lowest BCUT2D eigenvalue weighted by molar-refractivity contribution is -0.131. The van der Waals surface area contributed by atoms with Crippen LogP contribution in [-0.2, 0) is 11.2 Å². The van der Waals surface area contributed by atoms with Gasteiger partial charge in [0.05, 0.1) is 19.2 Å². The lowest BCUT2D eigenvalue weighted by Gasteiger charge is -2.32. The molecular weight excluding hydrogens is 404 g/mol. The van der Waals surface area contributed by atoms with Crippen LogP contribution in [0.1, 0.15) is 34.6 Å². The first-order valence-corrected chi connectivity index (χ1v) is 10.9. The van der Waals surface area contributed by atoms with Crippen molar-refractivity contribution in [2.75, 3.05) is 20.2 Å². The van der Waals surface area contributed by atoms with E-state index in [4.69, 9.17) is 4.74 Å². The highest BCUT2D eigenvalue weighted by Crippen LogP contribution is 2.20. The maximum Gasteiger partial charge on any atom is 0.272 e. The lowest BCUT2D eigenvalue weighted by Crippen LogP contribution is -2.47. The summed E-state index contributed by atoms with van der Waals surface area (Å²) in [4.78, 5) is 27.4. The molecule has 32 heavy (non-hydrogen) atoms. The molecule has 1 N–H and O–H groups in total. The van der Waals surface area contributed by atoms with Gasteiger partial charge in [-0.25, -0.2) is 4.68 Å². The minimum atomic E-state index is -0.179. The van der Waals surface area contributed by atoms with E-state index in [-0.39, 0.29) is 17.9 Å². The van der Waals surface area contributed by atoms with Crippen molar-refractivity contribution in [2.24, 2.45) is 0 Å². The zero-order chi connectivity index (χ0) is 22.5. The van der Waals surface area contributed by atoms with Gasteiger partial charge in [-0.2, -0.15) is 5.10 Å². The van der Waals surface area contributed by atoms with Gasteiger partial charge in [0.2, 0.25) is 5.91 Å². The molecule has 0 saturated carbocycles. The summed E-state index contributed by atoms with van der Waals surface area (Å²) in [5.41, 5.74) is 3.12. The number of carbonyl (C=O) groups excluding carboxylic acids is 2. The van der Waals surface area contributed by atoms with Crippen molar-refractivity contribution >= 4 is 11.8 Å². The Labute approximate surface area is 188 Å². The average molecular weight is 433 g/mol. The van der Waals surface area contributed by atoms with Crippen LogP contribution >= 0.6 is 0 Å². The molecule has 0 aliphatic carbocycles. The van der Waals surface area contributed by atoms with Crippen molar-refractivity contribution in [3.63, 3.8) is 0 Å². The minimum absolute atomic E-state index is 0.0278. The van der Waals surface area contributed by atoms with Crippen LogP contribution in [-0.4, -0.2) is 52.7 Å². The van der Waals surface area contributed by atoms with Gasteiger partial charge in [-0.05, 0) is 44.0 Å². The van der Waals surface area contributed by atoms with E-state index in [0.717, 1.165) is 35.5 Å². The maximum atomic E-state index is 12.8. The molecule has 0 bridgehead atoms. The molecule has 4 rings (SSSR count). The van der Waals surface area contributed by atoms with Gasteiger partial charge in [-0.15, -0.1) is 0 Å². The molecule has 1 aliphatic rings. The zero-order valence-electron chi connectivity index (χ0n) is 18.5. The second-order valence-electron chi connectivity index (χ2n) is 8.04. The Morgan fingerprint density at radius 2 is 1.75 bits per heavy atom. The summed E-state index contributed by atoms with van der Waals surface area (Å²) in [5.74, 6) is 0.631. The van der Waals surface area contributed by atoms with E-state index in [1.165, 1.54) is 0 Å². The third-order valence-corrected chi connectivity index (χ3v) is 5.84. The number of aromatic nitrogens is 2. The minimum Gasteiger partial charge on any atom is -0.496 e. The summed E-state index contributed by atoms with van der Waals surface area (Å²) in [6, 6.07) is 19.2. The second kappa shape index (κ2) is 9.68. The molecule has 2 aromatic carbocycles. The number of likely N-dealkylation sites (tertiary alicyclic amines) is 1. The maximum absolute atomic E-state index is 12.8. The van der Waals surface area contributed by atoms with Gasteiger partial charge in [-0.3, -0.25) is 9.59 Å². The Morgan fingerprint density at radius 3 is 2.47 bits per heavy atom. The number of amides is 2. The van der Waals surface area contributed by atoms with Crippen molar-refractivity contribution < 1.29 is 14.3 Å². The highest BCUT2D eigenvalue weighted by atomic mass is 16.5. The third-order valence-electron chi connectivity index (χ3n) is 5.84. The molecule has 0 atom stereocenters. The molecular formula is C25H28N4O3. The van der Waals surface area contributed by atoms with Crippen LogP contribution in [0.15, 0.2) is 60.7 Å². The van der Waals surface area contributed by atoms with Gasteiger partial charge in [0.15, 0.2) is 5.69 Å². The number of para-hydroxylation sites is 2. The fourth-order valence-electron chi connectivity index (χ4n) is 4.07. The Hall–Kier alpha value is -3.61. The highest BCUT2D eigenvalue weighted by molar-refractivity contribution is 5.92. The van der Waals surface area contributed by atoms with Crippen LogP contribution in [0.5, 0.6) is 5.75 Å². The Kier molecular flexibility index (Phi) is 6.54. The molecule has 1 saturated heterocycles. The standard InChI is InChI=1S/C25H28N4O3/c1-18-16-22(27-29(18)21-9-4-3-5-10-21)25(31)26-20-12-14-28(15-13-20)24(30)17-19-8-6-7-11-23(19)32-2/h3-11,16,20H,12-15,17H2,1-2H3,(H,26,31).